The van der Waals surface area contributed by atoms with Crippen LogP contribution in [0.4, 0.5) is 0 Å². The maximum absolute atomic E-state index is 11.1. The summed E-state index contributed by atoms with van der Waals surface area (Å²) in [4.78, 5) is 15.9. The zero-order chi connectivity index (χ0) is 9.42. The Morgan fingerprint density at radius 1 is 1.77 bits per heavy atom. The van der Waals surface area contributed by atoms with Crippen molar-refractivity contribution in [3.8, 4) is 0 Å². The molecule has 1 saturated carbocycles. The lowest BCUT2D eigenvalue weighted by Crippen LogP contribution is -1.96. The normalized spacial score (nSPS) is 25.7. The molecule has 0 aromatic carbocycles. The summed E-state index contributed by atoms with van der Waals surface area (Å²) >= 11 is 1.45. The molecule has 3 nitrogen and oxygen atoms in total. The van der Waals surface area contributed by atoms with Gasteiger partial charge in [-0.25, -0.2) is 9.78 Å². The summed E-state index contributed by atoms with van der Waals surface area (Å²) < 4.78 is 4.61. The summed E-state index contributed by atoms with van der Waals surface area (Å²) in [5.41, 5.74) is 0. The lowest BCUT2D eigenvalue weighted by molar-refractivity contribution is 0.0606. The number of carbonyl (C=O) groups is 1. The van der Waals surface area contributed by atoms with Crippen LogP contribution in [0.5, 0.6) is 0 Å². The molecule has 0 aliphatic heterocycles. The summed E-state index contributed by atoms with van der Waals surface area (Å²) in [7, 11) is 1.39. The Hall–Kier alpha value is -0.900. The Bertz CT molecular complexity index is 334. The Morgan fingerprint density at radius 2 is 2.46 bits per heavy atom. The fourth-order valence-electron chi connectivity index (χ4n) is 1.32. The minimum absolute atomic E-state index is 0.281. The molecule has 2 atom stereocenters. The van der Waals surface area contributed by atoms with Crippen LogP contribution in [0, 0.1) is 5.92 Å². The van der Waals surface area contributed by atoms with Crippen molar-refractivity contribution in [1.82, 2.24) is 4.98 Å². The number of aromatic nitrogens is 1. The second-order valence-electron chi connectivity index (χ2n) is 3.37. The number of thiazole rings is 1. The quantitative estimate of drug-likeness (QED) is 0.681. The highest BCUT2D eigenvalue weighted by atomic mass is 32.1. The van der Waals surface area contributed by atoms with E-state index < -0.39 is 0 Å². The van der Waals surface area contributed by atoms with E-state index in [1.807, 2.05) is 0 Å². The molecule has 0 amide bonds. The van der Waals surface area contributed by atoms with Crippen LogP contribution in [0.15, 0.2) is 6.20 Å². The third-order valence-electron chi connectivity index (χ3n) is 2.34. The van der Waals surface area contributed by atoms with Gasteiger partial charge in [0.2, 0.25) is 0 Å². The maximum Gasteiger partial charge on any atom is 0.349 e. The number of ether oxygens (including phenoxy) is 1. The molecule has 1 aromatic heterocycles. The highest BCUT2D eigenvalue weighted by Gasteiger charge is 2.36. The summed E-state index contributed by atoms with van der Waals surface area (Å²) in [6.07, 6.45) is 2.81. The van der Waals surface area contributed by atoms with Gasteiger partial charge in [-0.3, -0.25) is 0 Å². The van der Waals surface area contributed by atoms with E-state index in [1.54, 1.807) is 6.20 Å². The van der Waals surface area contributed by atoms with Crippen LogP contribution in [0.1, 0.15) is 33.9 Å². The zero-order valence-corrected chi connectivity index (χ0v) is 8.43. The predicted molar refractivity (Wildman–Crippen MR) is 50.0 cm³/mol. The van der Waals surface area contributed by atoms with Gasteiger partial charge in [0.25, 0.3) is 0 Å². The topological polar surface area (TPSA) is 39.2 Å². The molecule has 4 heteroatoms. The molecule has 0 bridgehead atoms. The van der Waals surface area contributed by atoms with Gasteiger partial charge in [-0.1, -0.05) is 6.92 Å². The Kier molecular flexibility index (Phi) is 2.07. The van der Waals surface area contributed by atoms with E-state index in [4.69, 9.17) is 0 Å². The van der Waals surface area contributed by atoms with Crippen LogP contribution in [0.25, 0.3) is 0 Å². The highest BCUT2D eigenvalue weighted by molar-refractivity contribution is 7.13. The highest BCUT2D eigenvalue weighted by Crippen LogP contribution is 2.48. The predicted octanol–water partition coefficient (Wildman–Crippen LogP) is 2.05. The fourth-order valence-corrected chi connectivity index (χ4v) is 2.40. The van der Waals surface area contributed by atoms with Gasteiger partial charge in [-0.2, -0.15) is 0 Å². The van der Waals surface area contributed by atoms with Crippen molar-refractivity contribution < 1.29 is 9.53 Å². The van der Waals surface area contributed by atoms with E-state index in [0.717, 1.165) is 10.9 Å². The zero-order valence-electron chi connectivity index (χ0n) is 7.61. The van der Waals surface area contributed by atoms with E-state index in [2.05, 4.69) is 16.6 Å². The van der Waals surface area contributed by atoms with Crippen molar-refractivity contribution in [3.63, 3.8) is 0 Å². The molecule has 1 fully saturated rings. The van der Waals surface area contributed by atoms with Crippen molar-refractivity contribution in [3.05, 3.63) is 16.1 Å². The van der Waals surface area contributed by atoms with E-state index in [0.29, 0.717) is 10.8 Å². The molecule has 0 spiro atoms. The Morgan fingerprint density at radius 3 is 3.00 bits per heavy atom. The van der Waals surface area contributed by atoms with Crippen LogP contribution in [-0.4, -0.2) is 18.1 Å². The van der Waals surface area contributed by atoms with Crippen LogP contribution < -0.4 is 0 Å². The van der Waals surface area contributed by atoms with E-state index in [1.165, 1.54) is 24.9 Å². The van der Waals surface area contributed by atoms with Crippen molar-refractivity contribution in [1.29, 1.82) is 0 Å². The summed E-state index contributed by atoms with van der Waals surface area (Å²) in [6.45, 7) is 2.20. The van der Waals surface area contributed by atoms with Gasteiger partial charge in [-0.05, 0) is 12.3 Å². The number of nitrogens with zero attached hydrogens (tertiary/aromatic N) is 1. The number of hydrogen-bond acceptors (Lipinski definition) is 4. The van der Waals surface area contributed by atoms with Gasteiger partial charge in [0.1, 0.15) is 4.88 Å². The molecule has 0 saturated heterocycles. The van der Waals surface area contributed by atoms with Gasteiger partial charge in [0.15, 0.2) is 0 Å². The van der Waals surface area contributed by atoms with Crippen molar-refractivity contribution in [2.45, 2.75) is 19.3 Å². The van der Waals surface area contributed by atoms with Gasteiger partial charge in [0.05, 0.1) is 18.3 Å². The lowest BCUT2D eigenvalue weighted by Gasteiger charge is -1.91. The first-order chi connectivity index (χ1) is 6.22. The third kappa shape index (κ3) is 1.58. The molecule has 0 N–H and O–H groups in total. The minimum atomic E-state index is -0.281. The Labute approximate surface area is 80.8 Å². The number of carbonyl (C=O) groups excluding carboxylic acids is 1. The second kappa shape index (κ2) is 3.10. The summed E-state index contributed by atoms with van der Waals surface area (Å²) in [5.74, 6) is 1.04. The van der Waals surface area contributed by atoms with Crippen molar-refractivity contribution in [2.24, 2.45) is 5.92 Å². The molecule has 70 valence electrons. The van der Waals surface area contributed by atoms with Crippen molar-refractivity contribution in [2.75, 3.05) is 7.11 Å². The first-order valence-electron chi connectivity index (χ1n) is 4.26. The molecular weight excluding hydrogens is 186 g/mol. The second-order valence-corrected chi connectivity index (χ2v) is 4.44. The molecule has 1 aliphatic carbocycles. The molecule has 2 unspecified atom stereocenters. The maximum atomic E-state index is 11.1. The van der Waals surface area contributed by atoms with Crippen LogP contribution in [0.3, 0.4) is 0 Å². The molecule has 2 rings (SSSR count). The molecule has 0 radical (unpaired) electrons. The van der Waals surface area contributed by atoms with Gasteiger partial charge < -0.3 is 4.74 Å². The molecule has 1 aliphatic rings. The largest absolute Gasteiger partial charge is 0.465 e. The van der Waals surface area contributed by atoms with E-state index >= 15 is 0 Å². The lowest BCUT2D eigenvalue weighted by atomic mass is 10.4. The van der Waals surface area contributed by atoms with E-state index in [-0.39, 0.29) is 5.97 Å². The molecular formula is C9H11NO2S. The average molecular weight is 197 g/mol. The standard InChI is InChI=1S/C9H11NO2S/c1-5-3-6(5)8-10-4-7(13-8)9(11)12-2/h4-6H,3H2,1-2H3. The number of hydrogen-bond donors (Lipinski definition) is 0. The minimum Gasteiger partial charge on any atom is -0.465 e. The SMILES string of the molecule is COC(=O)c1cnc(C2CC2C)s1. The van der Waals surface area contributed by atoms with Crippen LogP contribution in [0.2, 0.25) is 0 Å². The van der Waals surface area contributed by atoms with Crippen molar-refractivity contribution >= 4 is 17.3 Å². The third-order valence-corrected chi connectivity index (χ3v) is 3.45. The number of rotatable bonds is 2. The summed E-state index contributed by atoms with van der Waals surface area (Å²) in [6, 6.07) is 0. The van der Waals surface area contributed by atoms with Crippen LogP contribution in [-0.2, 0) is 4.74 Å². The number of esters is 1. The van der Waals surface area contributed by atoms with Gasteiger partial charge in [-0.15, -0.1) is 11.3 Å². The van der Waals surface area contributed by atoms with E-state index in [9.17, 15) is 4.79 Å². The molecule has 13 heavy (non-hydrogen) atoms. The summed E-state index contributed by atoms with van der Waals surface area (Å²) in [5, 5.41) is 1.08. The smallest absolute Gasteiger partial charge is 0.349 e. The van der Waals surface area contributed by atoms with Gasteiger partial charge in [0, 0.05) is 5.92 Å². The Balaban J connectivity index is 2.14. The van der Waals surface area contributed by atoms with Crippen LogP contribution >= 0.6 is 11.3 Å². The average Bonchev–Trinajstić information content (AvgIpc) is 2.70. The monoisotopic (exact) mass is 197 g/mol. The fraction of sp³-hybridized carbons (Fsp3) is 0.556. The van der Waals surface area contributed by atoms with Gasteiger partial charge >= 0.3 is 5.97 Å². The number of methoxy groups -OCH3 is 1. The first kappa shape index (κ1) is 8.69. The molecule has 1 heterocycles. The molecule has 1 aromatic rings. The first-order valence-corrected chi connectivity index (χ1v) is 5.08.